The second kappa shape index (κ2) is 6.30. The molecule has 0 aromatic carbocycles. The van der Waals surface area contributed by atoms with Crippen LogP contribution in [0.4, 0.5) is 5.95 Å². The van der Waals surface area contributed by atoms with Crippen molar-refractivity contribution in [3.8, 4) is 11.9 Å². The van der Waals surface area contributed by atoms with Crippen molar-refractivity contribution in [3.63, 3.8) is 0 Å². The summed E-state index contributed by atoms with van der Waals surface area (Å²) in [6.45, 7) is 3.57. The summed E-state index contributed by atoms with van der Waals surface area (Å²) in [6, 6.07) is 7.38. The van der Waals surface area contributed by atoms with Crippen LogP contribution in [0.5, 0.6) is 5.88 Å². The third-order valence-electron chi connectivity index (χ3n) is 5.15. The van der Waals surface area contributed by atoms with Crippen LogP contribution in [0.25, 0.3) is 0 Å². The first-order valence-electron chi connectivity index (χ1n) is 8.41. The van der Waals surface area contributed by atoms with Gasteiger partial charge in [0.2, 0.25) is 11.8 Å². The molecule has 0 aliphatic carbocycles. The van der Waals surface area contributed by atoms with Crippen LogP contribution >= 0.6 is 0 Å². The molecule has 128 valence electrons. The van der Waals surface area contributed by atoms with Gasteiger partial charge in [-0.2, -0.15) is 5.26 Å². The SMILES string of the molecule is CN1CC(COc2ccc(C#N)cn2)CC12CN(c1ncccn1)C2. The zero-order chi connectivity index (χ0) is 17.3. The van der Waals surface area contributed by atoms with Crippen molar-refractivity contribution in [1.29, 1.82) is 5.26 Å². The van der Waals surface area contributed by atoms with Gasteiger partial charge in [0.25, 0.3) is 0 Å². The van der Waals surface area contributed by atoms with Crippen LogP contribution in [0.2, 0.25) is 0 Å². The molecule has 2 aromatic heterocycles. The number of anilines is 1. The van der Waals surface area contributed by atoms with E-state index in [1.54, 1.807) is 30.7 Å². The zero-order valence-corrected chi connectivity index (χ0v) is 14.2. The summed E-state index contributed by atoms with van der Waals surface area (Å²) >= 11 is 0. The third kappa shape index (κ3) is 3.01. The molecule has 0 bridgehead atoms. The summed E-state index contributed by atoms with van der Waals surface area (Å²) in [6.07, 6.45) is 6.21. The van der Waals surface area contributed by atoms with E-state index in [0.717, 1.165) is 32.0 Å². The van der Waals surface area contributed by atoms with E-state index in [9.17, 15) is 0 Å². The smallest absolute Gasteiger partial charge is 0.225 e. The number of likely N-dealkylation sites (tertiary alicyclic amines) is 1. The fourth-order valence-corrected chi connectivity index (χ4v) is 3.82. The second-order valence-corrected chi connectivity index (χ2v) is 6.89. The highest BCUT2D eigenvalue weighted by atomic mass is 16.5. The van der Waals surface area contributed by atoms with E-state index in [1.165, 1.54) is 0 Å². The van der Waals surface area contributed by atoms with Crippen molar-refractivity contribution in [2.45, 2.75) is 12.0 Å². The molecule has 1 spiro atoms. The summed E-state index contributed by atoms with van der Waals surface area (Å²) in [7, 11) is 2.18. The Labute approximate surface area is 146 Å². The van der Waals surface area contributed by atoms with E-state index in [-0.39, 0.29) is 5.54 Å². The van der Waals surface area contributed by atoms with E-state index in [1.807, 2.05) is 6.07 Å². The molecule has 4 rings (SSSR count). The van der Waals surface area contributed by atoms with Crippen LogP contribution in [0.15, 0.2) is 36.8 Å². The number of ether oxygens (including phenoxy) is 1. The number of hydrogen-bond donors (Lipinski definition) is 0. The van der Waals surface area contributed by atoms with Crippen LogP contribution in [0, 0.1) is 17.2 Å². The number of pyridine rings is 1. The summed E-state index contributed by atoms with van der Waals surface area (Å²) < 4.78 is 5.83. The monoisotopic (exact) mass is 336 g/mol. The molecular weight excluding hydrogens is 316 g/mol. The molecular formula is C18H20N6O. The summed E-state index contributed by atoms with van der Waals surface area (Å²) in [5.74, 6) is 1.86. The maximum Gasteiger partial charge on any atom is 0.225 e. The van der Waals surface area contributed by atoms with Gasteiger partial charge in [0, 0.05) is 50.2 Å². The van der Waals surface area contributed by atoms with Gasteiger partial charge >= 0.3 is 0 Å². The maximum atomic E-state index is 8.81. The molecule has 2 saturated heterocycles. The fraction of sp³-hybridized carbons (Fsp3) is 0.444. The molecule has 7 heteroatoms. The Bertz CT molecular complexity index is 766. The second-order valence-electron chi connectivity index (χ2n) is 6.89. The minimum atomic E-state index is 0.200. The molecule has 4 heterocycles. The minimum absolute atomic E-state index is 0.200. The van der Waals surface area contributed by atoms with Gasteiger partial charge in [-0.3, -0.25) is 4.90 Å². The van der Waals surface area contributed by atoms with Crippen molar-refractivity contribution < 1.29 is 4.74 Å². The number of nitrogens with zero attached hydrogens (tertiary/aromatic N) is 6. The molecule has 0 amide bonds. The number of rotatable bonds is 4. The molecule has 0 N–H and O–H groups in total. The van der Waals surface area contributed by atoms with Crippen molar-refractivity contribution >= 4 is 5.95 Å². The fourth-order valence-electron chi connectivity index (χ4n) is 3.82. The van der Waals surface area contributed by atoms with E-state index in [2.05, 4.69) is 37.9 Å². The number of nitriles is 1. The van der Waals surface area contributed by atoms with Crippen molar-refractivity contribution in [2.75, 3.05) is 38.2 Å². The van der Waals surface area contributed by atoms with Gasteiger partial charge in [0.15, 0.2) is 0 Å². The summed E-state index contributed by atoms with van der Waals surface area (Å²) in [5, 5.41) is 8.81. The highest BCUT2D eigenvalue weighted by Crippen LogP contribution is 2.40. The Kier molecular flexibility index (Phi) is 3.98. The van der Waals surface area contributed by atoms with Crippen LogP contribution in [-0.4, -0.2) is 58.7 Å². The van der Waals surface area contributed by atoms with Gasteiger partial charge in [-0.25, -0.2) is 15.0 Å². The lowest BCUT2D eigenvalue weighted by atomic mass is 9.85. The average molecular weight is 336 g/mol. The maximum absolute atomic E-state index is 8.81. The topological polar surface area (TPSA) is 78.2 Å². The Balaban J connectivity index is 1.32. The molecule has 1 unspecified atom stereocenters. The first-order chi connectivity index (χ1) is 12.2. The highest BCUT2D eigenvalue weighted by Gasteiger charge is 2.52. The normalized spacial score (nSPS) is 21.8. The lowest BCUT2D eigenvalue weighted by Crippen LogP contribution is -2.67. The van der Waals surface area contributed by atoms with Crippen molar-refractivity contribution in [3.05, 3.63) is 42.4 Å². The van der Waals surface area contributed by atoms with Gasteiger partial charge in [-0.05, 0) is 25.6 Å². The van der Waals surface area contributed by atoms with Crippen LogP contribution < -0.4 is 9.64 Å². The molecule has 0 radical (unpaired) electrons. The Hall–Kier alpha value is -2.72. The lowest BCUT2D eigenvalue weighted by molar-refractivity contribution is 0.131. The molecule has 25 heavy (non-hydrogen) atoms. The standard InChI is InChI=1S/C18H20N6O/c1-23-10-15(11-25-16-4-3-14(8-19)9-22-16)7-18(23)12-24(13-18)17-20-5-2-6-21-17/h2-6,9,15H,7,10-13H2,1H3. The predicted octanol–water partition coefficient (Wildman–Crippen LogP) is 1.33. The summed E-state index contributed by atoms with van der Waals surface area (Å²) in [4.78, 5) is 17.5. The quantitative estimate of drug-likeness (QED) is 0.833. The molecule has 2 aromatic rings. The largest absolute Gasteiger partial charge is 0.477 e. The molecule has 0 saturated carbocycles. The Morgan fingerprint density at radius 3 is 2.76 bits per heavy atom. The number of likely N-dealkylation sites (N-methyl/N-ethyl adjacent to an activating group) is 1. The Morgan fingerprint density at radius 2 is 2.08 bits per heavy atom. The van der Waals surface area contributed by atoms with Crippen molar-refractivity contribution in [2.24, 2.45) is 5.92 Å². The van der Waals surface area contributed by atoms with Crippen LogP contribution in [0.3, 0.4) is 0 Å². The van der Waals surface area contributed by atoms with Crippen LogP contribution in [0.1, 0.15) is 12.0 Å². The average Bonchev–Trinajstić information content (AvgIpc) is 2.96. The zero-order valence-electron chi connectivity index (χ0n) is 14.2. The highest BCUT2D eigenvalue weighted by molar-refractivity contribution is 5.38. The lowest BCUT2D eigenvalue weighted by Gasteiger charge is -2.51. The molecule has 2 aliphatic heterocycles. The molecule has 7 nitrogen and oxygen atoms in total. The third-order valence-corrected chi connectivity index (χ3v) is 5.15. The van der Waals surface area contributed by atoms with Gasteiger partial charge < -0.3 is 9.64 Å². The van der Waals surface area contributed by atoms with E-state index in [0.29, 0.717) is 24.0 Å². The molecule has 2 aliphatic rings. The minimum Gasteiger partial charge on any atom is -0.477 e. The Morgan fingerprint density at radius 1 is 1.28 bits per heavy atom. The van der Waals surface area contributed by atoms with Gasteiger partial charge in [0.1, 0.15) is 6.07 Å². The van der Waals surface area contributed by atoms with Gasteiger partial charge in [-0.1, -0.05) is 0 Å². The van der Waals surface area contributed by atoms with E-state index >= 15 is 0 Å². The number of hydrogen-bond acceptors (Lipinski definition) is 7. The summed E-state index contributed by atoms with van der Waals surface area (Å²) in [5.41, 5.74) is 0.746. The van der Waals surface area contributed by atoms with Gasteiger partial charge in [0.05, 0.1) is 17.7 Å². The van der Waals surface area contributed by atoms with E-state index < -0.39 is 0 Å². The first kappa shape index (κ1) is 15.8. The molecule has 1 atom stereocenters. The predicted molar refractivity (Wildman–Crippen MR) is 92.2 cm³/mol. The van der Waals surface area contributed by atoms with Crippen molar-refractivity contribution in [1.82, 2.24) is 19.9 Å². The van der Waals surface area contributed by atoms with E-state index in [4.69, 9.17) is 10.00 Å². The van der Waals surface area contributed by atoms with Crippen LogP contribution in [-0.2, 0) is 0 Å². The van der Waals surface area contributed by atoms with Gasteiger partial charge in [-0.15, -0.1) is 0 Å². The molecule has 2 fully saturated rings. The number of aromatic nitrogens is 3. The first-order valence-corrected chi connectivity index (χ1v) is 8.41.